The number of nitrogens with zero attached hydrogens (tertiary/aromatic N) is 3. The molecule has 0 unspecified atom stereocenters. The van der Waals surface area contributed by atoms with Crippen LogP contribution < -0.4 is 0 Å². The van der Waals surface area contributed by atoms with E-state index in [9.17, 15) is 0 Å². The van der Waals surface area contributed by atoms with E-state index in [1.807, 2.05) is 24.3 Å². The zero-order valence-corrected chi connectivity index (χ0v) is 28.7. The monoisotopic (exact) mass is 673 g/mol. The summed E-state index contributed by atoms with van der Waals surface area (Å²) in [6, 6.07) is 67.3. The summed E-state index contributed by atoms with van der Waals surface area (Å²) >= 11 is 0. The van der Waals surface area contributed by atoms with Crippen LogP contribution in [0.3, 0.4) is 0 Å². The summed E-state index contributed by atoms with van der Waals surface area (Å²) in [5, 5.41) is 11.2. The molecule has 0 fully saturated rings. The van der Waals surface area contributed by atoms with E-state index in [0.29, 0.717) is 0 Å². The lowest BCUT2D eigenvalue weighted by molar-refractivity contribution is 1.19. The van der Waals surface area contributed by atoms with Gasteiger partial charge in [-0.05, 0) is 68.4 Å². The van der Waals surface area contributed by atoms with Crippen LogP contribution in [0.2, 0.25) is 0 Å². The molecule has 0 aliphatic heterocycles. The number of hydrogen-bond donors (Lipinski definition) is 0. The molecule has 2 heterocycles. The van der Waals surface area contributed by atoms with Gasteiger partial charge in [0.2, 0.25) is 0 Å². The molecular weight excluding hydrogens is 643 g/mol. The Bertz CT molecular complexity index is 3210. The lowest BCUT2D eigenvalue weighted by atomic mass is 9.93. The Kier molecular flexibility index (Phi) is 6.55. The van der Waals surface area contributed by atoms with Crippen LogP contribution in [0.4, 0.5) is 0 Å². The SMILES string of the molecule is c1ccc(-c2nc(-c3ccccc3)c3cc(-c4cccc(-n5c6ccccc6c6c7ccc8ccccc8c7c7ccccc7c65)c4)ccc3n2)cc1. The second kappa shape index (κ2) is 11.7. The van der Waals surface area contributed by atoms with Gasteiger partial charge in [0, 0.05) is 38.4 Å². The fourth-order valence-corrected chi connectivity index (χ4v) is 8.38. The Balaban J connectivity index is 1.16. The molecule has 0 aliphatic rings. The van der Waals surface area contributed by atoms with Crippen LogP contribution in [0.15, 0.2) is 188 Å². The zero-order chi connectivity index (χ0) is 34.9. The summed E-state index contributed by atoms with van der Waals surface area (Å²) in [5.41, 5.74) is 9.73. The van der Waals surface area contributed by atoms with E-state index in [-0.39, 0.29) is 0 Å². The molecule has 246 valence electrons. The molecule has 2 aromatic heterocycles. The number of rotatable bonds is 4. The third-order valence-electron chi connectivity index (χ3n) is 10.7. The number of aromatic nitrogens is 3. The van der Waals surface area contributed by atoms with Crippen molar-refractivity contribution in [1.82, 2.24) is 14.5 Å². The van der Waals surface area contributed by atoms with Crippen LogP contribution >= 0.6 is 0 Å². The van der Waals surface area contributed by atoms with E-state index in [1.165, 1.54) is 54.1 Å². The summed E-state index contributed by atoms with van der Waals surface area (Å²) < 4.78 is 2.47. The highest BCUT2D eigenvalue weighted by Gasteiger charge is 2.20. The highest BCUT2D eigenvalue weighted by Crippen LogP contribution is 2.44. The first-order valence-electron chi connectivity index (χ1n) is 18.1. The van der Waals surface area contributed by atoms with Crippen LogP contribution in [0.25, 0.3) is 104 Å². The van der Waals surface area contributed by atoms with Gasteiger partial charge in [-0.2, -0.15) is 0 Å². The largest absolute Gasteiger partial charge is 0.309 e. The fraction of sp³-hybridized carbons (Fsp3) is 0. The minimum atomic E-state index is 0.728. The molecule has 3 nitrogen and oxygen atoms in total. The molecule has 0 N–H and O–H groups in total. The zero-order valence-electron chi connectivity index (χ0n) is 28.7. The molecule has 0 radical (unpaired) electrons. The second-order valence-electron chi connectivity index (χ2n) is 13.7. The standard InChI is InChI=1S/C50H31N3/c1-3-15-33(16-4-1)48-43-31-36(27-29-44(43)51-50(52-48)34-17-5-2-6-18-34)35-19-13-20-37(30-35)53-45-25-12-11-24-41(45)47-42-28-26-32-14-7-8-21-38(32)46(42)39-22-9-10-23-40(39)49(47)53/h1-31H. The Hall–Kier alpha value is -7.10. The van der Waals surface area contributed by atoms with E-state index in [2.05, 4.69) is 168 Å². The van der Waals surface area contributed by atoms with Gasteiger partial charge in [-0.15, -0.1) is 0 Å². The van der Waals surface area contributed by atoms with Crippen molar-refractivity contribution >= 4 is 65.0 Å². The molecule has 11 rings (SSSR count). The van der Waals surface area contributed by atoms with E-state index < -0.39 is 0 Å². The van der Waals surface area contributed by atoms with Crippen LogP contribution in [0.1, 0.15) is 0 Å². The number of hydrogen-bond acceptors (Lipinski definition) is 2. The quantitative estimate of drug-likeness (QED) is 0.174. The van der Waals surface area contributed by atoms with Gasteiger partial charge in [-0.25, -0.2) is 9.97 Å². The van der Waals surface area contributed by atoms with Crippen molar-refractivity contribution in [2.75, 3.05) is 0 Å². The fourth-order valence-electron chi connectivity index (χ4n) is 8.38. The maximum Gasteiger partial charge on any atom is 0.160 e. The number of benzene rings is 9. The molecule has 11 aromatic rings. The van der Waals surface area contributed by atoms with E-state index in [4.69, 9.17) is 9.97 Å². The minimum absolute atomic E-state index is 0.728. The first kappa shape index (κ1) is 29.6. The van der Waals surface area contributed by atoms with Gasteiger partial charge in [-0.1, -0.05) is 158 Å². The lowest BCUT2D eigenvalue weighted by Crippen LogP contribution is -1.97. The lowest BCUT2D eigenvalue weighted by Gasteiger charge is -2.15. The molecular formula is C50H31N3. The van der Waals surface area contributed by atoms with Gasteiger partial charge in [0.05, 0.1) is 22.2 Å². The average Bonchev–Trinajstić information content (AvgIpc) is 3.59. The normalized spacial score (nSPS) is 11.8. The first-order valence-corrected chi connectivity index (χ1v) is 18.1. The molecule has 0 aliphatic carbocycles. The highest BCUT2D eigenvalue weighted by atomic mass is 15.0. The second-order valence-corrected chi connectivity index (χ2v) is 13.7. The molecule has 53 heavy (non-hydrogen) atoms. The molecule has 0 amide bonds. The van der Waals surface area contributed by atoms with Gasteiger partial charge in [0.25, 0.3) is 0 Å². The smallest absolute Gasteiger partial charge is 0.160 e. The Morgan fingerprint density at radius 1 is 0.358 bits per heavy atom. The van der Waals surface area contributed by atoms with Crippen molar-refractivity contribution < 1.29 is 0 Å². The predicted molar refractivity (Wildman–Crippen MR) is 223 cm³/mol. The van der Waals surface area contributed by atoms with Crippen molar-refractivity contribution in [2.24, 2.45) is 0 Å². The molecule has 0 saturated heterocycles. The van der Waals surface area contributed by atoms with E-state index in [0.717, 1.165) is 50.4 Å². The Morgan fingerprint density at radius 2 is 1.02 bits per heavy atom. The van der Waals surface area contributed by atoms with Crippen LogP contribution in [0.5, 0.6) is 0 Å². The Morgan fingerprint density at radius 3 is 1.85 bits per heavy atom. The average molecular weight is 674 g/mol. The maximum atomic E-state index is 5.16. The third kappa shape index (κ3) is 4.61. The summed E-state index contributed by atoms with van der Waals surface area (Å²) in [5.74, 6) is 0.728. The Labute approximate surface area is 306 Å². The number of fused-ring (bicyclic) bond motifs is 11. The van der Waals surface area contributed by atoms with Crippen molar-refractivity contribution in [1.29, 1.82) is 0 Å². The van der Waals surface area contributed by atoms with Crippen molar-refractivity contribution in [3.05, 3.63) is 188 Å². The van der Waals surface area contributed by atoms with Gasteiger partial charge in [-0.3, -0.25) is 0 Å². The summed E-state index contributed by atoms with van der Waals surface area (Å²) in [6.07, 6.45) is 0. The first-order chi connectivity index (χ1) is 26.3. The maximum absolute atomic E-state index is 5.16. The van der Waals surface area contributed by atoms with Crippen molar-refractivity contribution in [3.8, 4) is 39.5 Å². The van der Waals surface area contributed by atoms with Crippen LogP contribution in [-0.4, -0.2) is 14.5 Å². The molecule has 0 atom stereocenters. The minimum Gasteiger partial charge on any atom is -0.309 e. The molecule has 0 bridgehead atoms. The highest BCUT2D eigenvalue weighted by molar-refractivity contribution is 6.36. The van der Waals surface area contributed by atoms with E-state index >= 15 is 0 Å². The van der Waals surface area contributed by atoms with Crippen molar-refractivity contribution in [3.63, 3.8) is 0 Å². The van der Waals surface area contributed by atoms with Gasteiger partial charge in [0.1, 0.15) is 0 Å². The van der Waals surface area contributed by atoms with Gasteiger partial charge in [0.15, 0.2) is 5.82 Å². The summed E-state index contributed by atoms with van der Waals surface area (Å²) in [6.45, 7) is 0. The topological polar surface area (TPSA) is 30.7 Å². The molecule has 9 aromatic carbocycles. The summed E-state index contributed by atoms with van der Waals surface area (Å²) in [4.78, 5) is 10.2. The van der Waals surface area contributed by atoms with Crippen molar-refractivity contribution in [2.45, 2.75) is 0 Å². The van der Waals surface area contributed by atoms with E-state index in [1.54, 1.807) is 0 Å². The molecule has 3 heteroatoms. The van der Waals surface area contributed by atoms with Gasteiger partial charge < -0.3 is 4.57 Å². The number of para-hydroxylation sites is 1. The van der Waals surface area contributed by atoms with Gasteiger partial charge >= 0.3 is 0 Å². The van der Waals surface area contributed by atoms with Crippen LogP contribution in [-0.2, 0) is 0 Å². The third-order valence-corrected chi connectivity index (χ3v) is 10.7. The molecule has 0 spiro atoms. The molecule has 0 saturated carbocycles. The summed E-state index contributed by atoms with van der Waals surface area (Å²) in [7, 11) is 0. The predicted octanol–water partition coefficient (Wildman–Crippen LogP) is 13.2. The van der Waals surface area contributed by atoms with Crippen LogP contribution in [0, 0.1) is 0 Å².